The number of carbonyl (C=O) groups excluding carboxylic acids is 1. The Balaban J connectivity index is 2.53. The van der Waals surface area contributed by atoms with Crippen molar-refractivity contribution in [2.45, 2.75) is 18.9 Å². The highest BCUT2D eigenvalue weighted by molar-refractivity contribution is 5.69. The average Bonchev–Trinajstić information content (AvgIpc) is 2.25. The van der Waals surface area contributed by atoms with E-state index in [1.165, 1.54) is 7.11 Å². The Morgan fingerprint density at radius 3 is 2.93 bits per heavy atom. The van der Waals surface area contributed by atoms with Gasteiger partial charge in [-0.1, -0.05) is 12.1 Å². The third-order valence-electron chi connectivity index (χ3n) is 2.19. The van der Waals surface area contributed by atoms with E-state index in [-0.39, 0.29) is 24.2 Å². The normalized spacial score (nSPS) is 12.1. The molecule has 0 bridgehead atoms. The molecule has 0 aliphatic heterocycles. The molecule has 4 nitrogen and oxygen atoms in total. The lowest BCUT2D eigenvalue weighted by Crippen LogP contribution is -2.12. The lowest BCUT2D eigenvalue weighted by Gasteiger charge is -2.11. The first-order valence-corrected chi connectivity index (χ1v) is 4.75. The van der Waals surface area contributed by atoms with Gasteiger partial charge in [-0.05, 0) is 24.1 Å². The molecule has 0 radical (unpaired) electrons. The zero-order valence-electron chi connectivity index (χ0n) is 8.64. The molecule has 15 heavy (non-hydrogen) atoms. The summed E-state index contributed by atoms with van der Waals surface area (Å²) in [5.74, 6) is -0.0911. The van der Waals surface area contributed by atoms with Crippen molar-refractivity contribution in [3.63, 3.8) is 0 Å². The van der Waals surface area contributed by atoms with Crippen molar-refractivity contribution < 1.29 is 14.6 Å². The summed E-state index contributed by atoms with van der Waals surface area (Å²) < 4.78 is 4.52. The average molecular weight is 209 g/mol. The largest absolute Gasteiger partial charge is 0.508 e. The first kappa shape index (κ1) is 11.5. The predicted molar refractivity (Wildman–Crippen MR) is 56.3 cm³/mol. The van der Waals surface area contributed by atoms with Gasteiger partial charge in [-0.15, -0.1) is 0 Å². The summed E-state index contributed by atoms with van der Waals surface area (Å²) in [7, 11) is 1.35. The molecule has 0 saturated heterocycles. The van der Waals surface area contributed by atoms with Crippen LogP contribution in [0, 0.1) is 0 Å². The fraction of sp³-hybridized carbons (Fsp3) is 0.364. The van der Waals surface area contributed by atoms with Crippen LogP contribution in [0.15, 0.2) is 24.3 Å². The number of carbonyl (C=O) groups is 1. The molecule has 0 aliphatic rings. The lowest BCUT2D eigenvalue weighted by atomic mass is 10.0. The molecule has 3 N–H and O–H groups in total. The number of aromatic hydroxyl groups is 1. The maximum absolute atomic E-state index is 10.9. The molecule has 0 aromatic heterocycles. The van der Waals surface area contributed by atoms with Gasteiger partial charge in [0.25, 0.3) is 0 Å². The van der Waals surface area contributed by atoms with Gasteiger partial charge in [0.05, 0.1) is 7.11 Å². The van der Waals surface area contributed by atoms with E-state index in [4.69, 9.17) is 5.73 Å². The summed E-state index contributed by atoms with van der Waals surface area (Å²) in [5, 5.41) is 9.24. The summed E-state index contributed by atoms with van der Waals surface area (Å²) in [6.07, 6.45) is 0.795. The van der Waals surface area contributed by atoms with Crippen molar-refractivity contribution >= 4 is 5.97 Å². The predicted octanol–water partition coefficient (Wildman–Crippen LogP) is 1.35. The number of methoxy groups -OCH3 is 1. The van der Waals surface area contributed by atoms with Crippen LogP contribution in [0.5, 0.6) is 5.75 Å². The van der Waals surface area contributed by atoms with E-state index in [2.05, 4.69) is 4.74 Å². The molecule has 1 rings (SSSR count). The molecule has 4 heteroatoms. The van der Waals surface area contributed by atoms with Gasteiger partial charge in [0, 0.05) is 12.5 Å². The van der Waals surface area contributed by atoms with Gasteiger partial charge in [-0.2, -0.15) is 0 Å². The van der Waals surface area contributed by atoms with Gasteiger partial charge in [-0.3, -0.25) is 4.79 Å². The Kier molecular flexibility index (Phi) is 4.12. The quantitative estimate of drug-likeness (QED) is 0.734. The highest BCUT2D eigenvalue weighted by atomic mass is 16.5. The van der Waals surface area contributed by atoms with Crippen LogP contribution in [0.4, 0.5) is 0 Å². The summed E-state index contributed by atoms with van der Waals surface area (Å²) >= 11 is 0. The standard InChI is InChI=1S/C11H15NO3/c1-15-11(14)6-5-10(12)8-3-2-4-9(13)7-8/h2-4,7,10,13H,5-6,12H2,1H3. The number of rotatable bonds is 4. The molecule has 0 spiro atoms. The molecule has 1 atom stereocenters. The van der Waals surface area contributed by atoms with Crippen molar-refractivity contribution in [3.8, 4) is 5.75 Å². The van der Waals surface area contributed by atoms with Crippen LogP contribution < -0.4 is 5.73 Å². The summed E-state index contributed by atoms with van der Waals surface area (Å²) in [5.41, 5.74) is 6.67. The molecular formula is C11H15NO3. The molecule has 0 amide bonds. The second kappa shape index (κ2) is 5.36. The van der Waals surface area contributed by atoms with E-state index in [9.17, 15) is 9.90 Å². The Morgan fingerprint density at radius 2 is 2.33 bits per heavy atom. The molecule has 0 heterocycles. The van der Waals surface area contributed by atoms with Crippen LogP contribution in [0.1, 0.15) is 24.4 Å². The van der Waals surface area contributed by atoms with Gasteiger partial charge < -0.3 is 15.6 Å². The van der Waals surface area contributed by atoms with Gasteiger partial charge in [0.15, 0.2) is 0 Å². The van der Waals surface area contributed by atoms with Crippen molar-refractivity contribution in [2.75, 3.05) is 7.11 Å². The Morgan fingerprint density at radius 1 is 1.60 bits per heavy atom. The number of phenolic OH excluding ortho intramolecular Hbond substituents is 1. The fourth-order valence-corrected chi connectivity index (χ4v) is 1.30. The van der Waals surface area contributed by atoms with Crippen molar-refractivity contribution in [1.29, 1.82) is 0 Å². The third kappa shape index (κ3) is 3.59. The molecule has 1 aromatic rings. The Labute approximate surface area is 88.7 Å². The van der Waals surface area contributed by atoms with Crippen molar-refractivity contribution in [3.05, 3.63) is 29.8 Å². The molecule has 0 aliphatic carbocycles. The summed E-state index contributed by atoms with van der Waals surface area (Å²) in [6, 6.07) is 6.47. The second-order valence-electron chi connectivity index (χ2n) is 3.32. The number of phenols is 1. The third-order valence-corrected chi connectivity index (χ3v) is 2.19. The van der Waals surface area contributed by atoms with E-state index in [1.807, 2.05) is 6.07 Å². The molecule has 0 saturated carbocycles. The highest BCUT2D eigenvalue weighted by Crippen LogP contribution is 2.19. The zero-order valence-corrected chi connectivity index (χ0v) is 8.64. The minimum Gasteiger partial charge on any atom is -0.508 e. The maximum Gasteiger partial charge on any atom is 0.305 e. The van der Waals surface area contributed by atoms with Crippen LogP contribution >= 0.6 is 0 Å². The van der Waals surface area contributed by atoms with Crippen LogP contribution in [0.2, 0.25) is 0 Å². The molecule has 1 aromatic carbocycles. The van der Waals surface area contributed by atoms with Crippen LogP contribution in [-0.4, -0.2) is 18.2 Å². The minimum absolute atomic E-state index is 0.181. The van der Waals surface area contributed by atoms with E-state index < -0.39 is 0 Å². The summed E-state index contributed by atoms with van der Waals surface area (Å²) in [4.78, 5) is 10.9. The molecule has 1 unspecified atom stereocenters. The van der Waals surface area contributed by atoms with E-state index in [0.717, 1.165) is 5.56 Å². The Hall–Kier alpha value is -1.55. The number of esters is 1. The van der Waals surface area contributed by atoms with Crippen molar-refractivity contribution in [1.82, 2.24) is 0 Å². The van der Waals surface area contributed by atoms with E-state index in [1.54, 1.807) is 18.2 Å². The van der Waals surface area contributed by atoms with Gasteiger partial charge in [0.2, 0.25) is 0 Å². The first-order chi connectivity index (χ1) is 7.13. The van der Waals surface area contributed by atoms with E-state index in [0.29, 0.717) is 6.42 Å². The number of hydrogen-bond donors (Lipinski definition) is 2. The summed E-state index contributed by atoms with van der Waals surface area (Å²) in [6.45, 7) is 0. The van der Waals surface area contributed by atoms with Gasteiger partial charge in [-0.25, -0.2) is 0 Å². The number of ether oxygens (including phenoxy) is 1. The number of benzene rings is 1. The highest BCUT2D eigenvalue weighted by Gasteiger charge is 2.09. The van der Waals surface area contributed by atoms with Crippen LogP contribution in [-0.2, 0) is 9.53 Å². The maximum atomic E-state index is 10.9. The van der Waals surface area contributed by atoms with Crippen LogP contribution in [0.3, 0.4) is 0 Å². The zero-order chi connectivity index (χ0) is 11.3. The molecular weight excluding hydrogens is 194 g/mol. The number of hydrogen-bond acceptors (Lipinski definition) is 4. The smallest absolute Gasteiger partial charge is 0.305 e. The first-order valence-electron chi connectivity index (χ1n) is 4.75. The van der Waals surface area contributed by atoms with Gasteiger partial charge >= 0.3 is 5.97 Å². The number of nitrogens with two attached hydrogens (primary N) is 1. The SMILES string of the molecule is COC(=O)CCC(N)c1cccc(O)c1. The van der Waals surface area contributed by atoms with Crippen molar-refractivity contribution in [2.24, 2.45) is 5.73 Å². The van der Waals surface area contributed by atoms with Gasteiger partial charge in [0.1, 0.15) is 5.75 Å². The molecule has 0 fully saturated rings. The Bertz CT molecular complexity index is 338. The minimum atomic E-state index is -0.273. The molecule has 82 valence electrons. The van der Waals surface area contributed by atoms with E-state index >= 15 is 0 Å². The lowest BCUT2D eigenvalue weighted by molar-refractivity contribution is -0.140. The van der Waals surface area contributed by atoms with Crippen LogP contribution in [0.25, 0.3) is 0 Å². The second-order valence-corrected chi connectivity index (χ2v) is 3.32. The fourth-order valence-electron chi connectivity index (χ4n) is 1.30. The topological polar surface area (TPSA) is 72.5 Å². The monoisotopic (exact) mass is 209 g/mol.